The molecular formula is C14H13ClN2O. The number of nitrogens with zero attached hydrogens (tertiary/aromatic N) is 1. The Morgan fingerprint density at radius 1 is 1.06 bits per heavy atom. The second-order valence-electron chi connectivity index (χ2n) is 3.62. The Hall–Kier alpha value is -2.13. The number of nitrogen functional groups attached to an aromatic ring is 1. The van der Waals surface area contributed by atoms with E-state index in [0.717, 1.165) is 0 Å². The molecule has 0 aliphatic carbocycles. The second-order valence-corrected chi connectivity index (χ2v) is 3.62. The van der Waals surface area contributed by atoms with Gasteiger partial charge < -0.3 is 18.1 Å². The molecular weight excluding hydrogens is 248 g/mol. The molecule has 0 amide bonds. The SMILES string of the molecule is Nc1cc[n+](C=CC(=O)c2ccccc2)cc1.[Cl-]. The van der Waals surface area contributed by atoms with Crippen LogP contribution in [0.4, 0.5) is 5.69 Å². The molecule has 0 unspecified atom stereocenters. The molecule has 0 fully saturated rings. The van der Waals surface area contributed by atoms with Crippen LogP contribution >= 0.6 is 0 Å². The van der Waals surface area contributed by atoms with Gasteiger partial charge in [0, 0.05) is 23.4 Å². The van der Waals surface area contributed by atoms with E-state index in [2.05, 4.69) is 0 Å². The van der Waals surface area contributed by atoms with Gasteiger partial charge in [0.1, 0.15) is 0 Å². The number of allylic oxidation sites excluding steroid dienone is 1. The smallest absolute Gasteiger partial charge is 0.191 e. The van der Waals surface area contributed by atoms with Crippen LogP contribution in [0.3, 0.4) is 0 Å². The zero-order valence-electron chi connectivity index (χ0n) is 9.66. The van der Waals surface area contributed by atoms with E-state index in [9.17, 15) is 4.79 Å². The van der Waals surface area contributed by atoms with E-state index in [1.54, 1.807) is 47.4 Å². The lowest BCUT2D eigenvalue weighted by molar-refractivity contribution is -0.568. The van der Waals surface area contributed by atoms with Crippen LogP contribution in [-0.2, 0) is 0 Å². The number of carbonyl (C=O) groups is 1. The van der Waals surface area contributed by atoms with Crippen molar-refractivity contribution in [2.75, 3.05) is 5.73 Å². The number of nitrogens with two attached hydrogens (primary N) is 1. The van der Waals surface area contributed by atoms with Crippen molar-refractivity contribution in [2.24, 2.45) is 0 Å². The highest BCUT2D eigenvalue weighted by Gasteiger charge is 2.01. The van der Waals surface area contributed by atoms with Gasteiger partial charge in [-0.25, -0.2) is 0 Å². The molecule has 0 aliphatic rings. The van der Waals surface area contributed by atoms with E-state index in [1.807, 2.05) is 18.2 Å². The van der Waals surface area contributed by atoms with E-state index in [0.29, 0.717) is 11.3 Å². The van der Waals surface area contributed by atoms with Gasteiger partial charge in [0.05, 0.1) is 6.08 Å². The van der Waals surface area contributed by atoms with Crippen molar-refractivity contribution in [3.05, 3.63) is 66.5 Å². The molecule has 0 radical (unpaired) electrons. The first-order valence-electron chi connectivity index (χ1n) is 5.29. The molecule has 1 heterocycles. The normalized spacial score (nSPS) is 10.0. The molecule has 0 aliphatic heterocycles. The Labute approximate surface area is 112 Å². The van der Waals surface area contributed by atoms with Gasteiger partial charge in [0.25, 0.3) is 0 Å². The van der Waals surface area contributed by atoms with Gasteiger partial charge in [-0.3, -0.25) is 4.79 Å². The highest BCUT2D eigenvalue weighted by atomic mass is 35.5. The van der Waals surface area contributed by atoms with Crippen LogP contribution in [0.15, 0.2) is 60.9 Å². The van der Waals surface area contributed by atoms with Gasteiger partial charge in [-0.05, 0) is 0 Å². The van der Waals surface area contributed by atoms with E-state index in [1.165, 1.54) is 6.08 Å². The van der Waals surface area contributed by atoms with Crippen molar-refractivity contribution in [3.63, 3.8) is 0 Å². The maximum atomic E-state index is 11.8. The number of pyridine rings is 1. The van der Waals surface area contributed by atoms with Crippen LogP contribution in [0.25, 0.3) is 6.20 Å². The van der Waals surface area contributed by atoms with E-state index in [4.69, 9.17) is 5.73 Å². The number of anilines is 1. The number of halogens is 1. The zero-order chi connectivity index (χ0) is 12.1. The third kappa shape index (κ3) is 3.71. The quantitative estimate of drug-likeness (QED) is 0.433. The Balaban J connectivity index is 0.00000162. The number of hydrogen-bond acceptors (Lipinski definition) is 2. The maximum absolute atomic E-state index is 11.8. The van der Waals surface area contributed by atoms with Crippen molar-refractivity contribution in [1.29, 1.82) is 0 Å². The van der Waals surface area contributed by atoms with Crippen LogP contribution in [-0.4, -0.2) is 5.78 Å². The highest BCUT2D eigenvalue weighted by molar-refractivity contribution is 6.05. The monoisotopic (exact) mass is 260 g/mol. The van der Waals surface area contributed by atoms with E-state index >= 15 is 0 Å². The molecule has 0 atom stereocenters. The molecule has 18 heavy (non-hydrogen) atoms. The van der Waals surface area contributed by atoms with Gasteiger partial charge in [-0.15, -0.1) is 0 Å². The van der Waals surface area contributed by atoms with Crippen LogP contribution in [0.2, 0.25) is 0 Å². The largest absolute Gasteiger partial charge is 1.00 e. The van der Waals surface area contributed by atoms with Gasteiger partial charge in [-0.2, -0.15) is 4.57 Å². The average Bonchev–Trinajstić information content (AvgIpc) is 2.39. The molecule has 2 N–H and O–H groups in total. The highest BCUT2D eigenvalue weighted by Crippen LogP contribution is 2.00. The predicted molar refractivity (Wildman–Crippen MR) is 67.2 cm³/mol. The first kappa shape index (κ1) is 13.9. The lowest BCUT2D eigenvalue weighted by Gasteiger charge is -1.92. The van der Waals surface area contributed by atoms with Crippen molar-refractivity contribution in [2.45, 2.75) is 0 Å². The fourth-order valence-corrected chi connectivity index (χ4v) is 1.40. The summed E-state index contributed by atoms with van der Waals surface area (Å²) in [5.41, 5.74) is 6.95. The zero-order valence-corrected chi connectivity index (χ0v) is 10.4. The minimum Gasteiger partial charge on any atom is -1.00 e. The first-order valence-corrected chi connectivity index (χ1v) is 5.29. The first-order chi connectivity index (χ1) is 8.25. The number of ketones is 1. The van der Waals surface area contributed by atoms with Crippen molar-refractivity contribution >= 4 is 17.7 Å². The number of benzene rings is 1. The molecule has 0 saturated heterocycles. The minimum atomic E-state index is -0.0186. The van der Waals surface area contributed by atoms with Crippen molar-refractivity contribution in [3.8, 4) is 0 Å². The standard InChI is InChI=1S/C14H12N2O.ClH/c15-13-6-9-16(10-7-13)11-8-14(17)12-4-2-1-3-5-12;/h1-11,15H;1H. The second kappa shape index (κ2) is 6.57. The van der Waals surface area contributed by atoms with Gasteiger partial charge in [0.2, 0.25) is 0 Å². The summed E-state index contributed by atoms with van der Waals surface area (Å²) in [7, 11) is 0. The van der Waals surface area contributed by atoms with E-state index < -0.39 is 0 Å². The third-order valence-electron chi connectivity index (χ3n) is 2.33. The van der Waals surface area contributed by atoms with Crippen LogP contribution in [0, 0.1) is 0 Å². The number of rotatable bonds is 3. The topological polar surface area (TPSA) is 47.0 Å². The fourth-order valence-electron chi connectivity index (χ4n) is 1.40. The molecule has 3 nitrogen and oxygen atoms in total. The molecule has 1 aromatic carbocycles. The number of carbonyl (C=O) groups excluding carboxylic acids is 1. The Morgan fingerprint density at radius 2 is 1.67 bits per heavy atom. The number of hydrogen-bond donors (Lipinski definition) is 1. The summed E-state index contributed by atoms with van der Waals surface area (Å²) in [5.74, 6) is -0.0186. The summed E-state index contributed by atoms with van der Waals surface area (Å²) in [6.45, 7) is 0. The van der Waals surface area contributed by atoms with Crippen LogP contribution < -0.4 is 22.7 Å². The molecule has 0 saturated carbocycles. The number of aromatic nitrogens is 1. The average molecular weight is 261 g/mol. The molecule has 0 bridgehead atoms. The molecule has 4 heteroatoms. The van der Waals surface area contributed by atoms with Gasteiger partial charge in [-0.1, -0.05) is 30.3 Å². The predicted octanol–water partition coefficient (Wildman–Crippen LogP) is -1.09. The van der Waals surface area contributed by atoms with E-state index in [-0.39, 0.29) is 18.2 Å². The molecule has 0 spiro atoms. The van der Waals surface area contributed by atoms with Crippen LogP contribution in [0.5, 0.6) is 0 Å². The molecule has 2 rings (SSSR count). The summed E-state index contributed by atoms with van der Waals surface area (Å²) >= 11 is 0. The summed E-state index contributed by atoms with van der Waals surface area (Å²) in [6.07, 6.45) is 6.83. The van der Waals surface area contributed by atoms with Crippen molar-refractivity contribution < 1.29 is 21.8 Å². The lowest BCUT2D eigenvalue weighted by Crippen LogP contribution is -3.00. The molecule has 92 valence electrons. The summed E-state index contributed by atoms with van der Waals surface area (Å²) in [6, 6.07) is 12.7. The minimum absolute atomic E-state index is 0. The summed E-state index contributed by atoms with van der Waals surface area (Å²) in [4.78, 5) is 11.8. The molecule has 1 aromatic heterocycles. The van der Waals surface area contributed by atoms with Gasteiger partial charge in [0.15, 0.2) is 24.4 Å². The molecule has 2 aromatic rings. The summed E-state index contributed by atoms with van der Waals surface area (Å²) < 4.78 is 1.78. The lowest BCUT2D eigenvalue weighted by atomic mass is 10.1. The summed E-state index contributed by atoms with van der Waals surface area (Å²) in [5, 5.41) is 0. The fraction of sp³-hybridized carbons (Fsp3) is 0. The Morgan fingerprint density at radius 3 is 2.28 bits per heavy atom. The maximum Gasteiger partial charge on any atom is 0.191 e. The van der Waals surface area contributed by atoms with Crippen LogP contribution in [0.1, 0.15) is 10.4 Å². The Kier molecular flexibility index (Phi) is 5.08. The van der Waals surface area contributed by atoms with Gasteiger partial charge >= 0.3 is 0 Å². The Bertz CT molecular complexity index is 535. The van der Waals surface area contributed by atoms with Crippen molar-refractivity contribution in [1.82, 2.24) is 0 Å². The third-order valence-corrected chi connectivity index (χ3v) is 2.33.